The summed E-state index contributed by atoms with van der Waals surface area (Å²) in [4.78, 5) is 15.4. The largest absolute Gasteiger partial charge is 0.456 e. The van der Waals surface area contributed by atoms with Crippen LogP contribution in [0, 0.1) is 11.3 Å². The highest BCUT2D eigenvalue weighted by Gasteiger charge is 2.44. The maximum absolute atomic E-state index is 9.95. The third-order valence-electron chi connectivity index (χ3n) is 12.2. The zero-order valence-corrected chi connectivity index (χ0v) is 31.2. The van der Waals surface area contributed by atoms with Gasteiger partial charge < -0.3 is 4.42 Å². The Morgan fingerprint density at radius 3 is 1.89 bits per heavy atom. The van der Waals surface area contributed by atoms with Crippen LogP contribution in [0.2, 0.25) is 0 Å². The van der Waals surface area contributed by atoms with Crippen molar-refractivity contribution >= 4 is 21.9 Å². The first-order chi connectivity index (χ1) is 28.1. The molecule has 2 heterocycles. The first kappa shape index (κ1) is 33.2. The third kappa shape index (κ3) is 5.48. The minimum absolute atomic E-state index is 0.0143. The molecule has 0 atom stereocenters. The van der Waals surface area contributed by atoms with Gasteiger partial charge in [-0.05, 0) is 93.7 Å². The fourth-order valence-corrected chi connectivity index (χ4v) is 9.46. The van der Waals surface area contributed by atoms with Crippen LogP contribution in [0.4, 0.5) is 0 Å². The van der Waals surface area contributed by atoms with E-state index in [1.165, 1.54) is 41.5 Å². The van der Waals surface area contributed by atoms with Crippen molar-refractivity contribution in [1.82, 2.24) is 15.0 Å². The molecular weight excluding hydrogens is 697 g/mol. The van der Waals surface area contributed by atoms with Crippen LogP contribution in [0.25, 0.3) is 89.5 Å². The first-order valence-corrected chi connectivity index (χ1v) is 19.8. The minimum atomic E-state index is -0.0143. The monoisotopic (exact) mass is 732 g/mol. The molecule has 0 N–H and O–H groups in total. The molecule has 0 bridgehead atoms. The molecule has 0 unspecified atom stereocenters. The molecule has 57 heavy (non-hydrogen) atoms. The minimum Gasteiger partial charge on any atom is -0.456 e. The summed E-state index contributed by atoms with van der Waals surface area (Å²) in [5, 5.41) is 12.1. The Kier molecular flexibility index (Phi) is 7.72. The number of benzene rings is 7. The zero-order chi connectivity index (χ0) is 37.9. The molecule has 0 saturated heterocycles. The molecule has 7 aromatic carbocycles. The number of rotatable bonds is 5. The zero-order valence-electron chi connectivity index (χ0n) is 31.2. The van der Waals surface area contributed by atoms with E-state index >= 15 is 0 Å². The molecule has 9 aromatic rings. The SMILES string of the molecule is N#Cc1ccc2c(c1)-c1c(-c3cccc(-c4nc(-c5ccc(-c6ccccc6)cc5)nc(-c5ccc6c(c5)oc5ccccc56)n4)c3)cccc1C21CCCCC1. The quantitative estimate of drug-likeness (QED) is 0.176. The Bertz CT molecular complexity index is 3060. The summed E-state index contributed by atoms with van der Waals surface area (Å²) in [6.07, 6.45) is 5.95. The van der Waals surface area contributed by atoms with Crippen molar-refractivity contribution in [1.29, 1.82) is 5.26 Å². The van der Waals surface area contributed by atoms with Crippen LogP contribution in [0.15, 0.2) is 162 Å². The van der Waals surface area contributed by atoms with E-state index in [0.717, 1.165) is 73.7 Å². The predicted octanol–water partition coefficient (Wildman–Crippen LogP) is 13.2. The van der Waals surface area contributed by atoms with Crippen LogP contribution in [0.1, 0.15) is 48.8 Å². The normalized spacial score (nSPS) is 14.1. The topological polar surface area (TPSA) is 75.6 Å². The molecule has 2 aliphatic rings. The average molecular weight is 733 g/mol. The Hall–Kier alpha value is -7.16. The van der Waals surface area contributed by atoms with Gasteiger partial charge in [-0.3, -0.25) is 0 Å². The fraction of sp³-hybridized carbons (Fsp3) is 0.115. The van der Waals surface area contributed by atoms with E-state index in [2.05, 4.69) is 127 Å². The lowest BCUT2D eigenvalue weighted by Gasteiger charge is -2.36. The summed E-state index contributed by atoms with van der Waals surface area (Å²) in [6.45, 7) is 0. The Morgan fingerprint density at radius 2 is 1.09 bits per heavy atom. The Labute approximate surface area is 331 Å². The molecular formula is C52H36N4O. The van der Waals surface area contributed by atoms with Crippen LogP contribution in [0.5, 0.6) is 0 Å². The summed E-state index contributed by atoms with van der Waals surface area (Å²) >= 11 is 0. The van der Waals surface area contributed by atoms with Gasteiger partial charge in [0.1, 0.15) is 11.2 Å². The summed E-state index contributed by atoms with van der Waals surface area (Å²) in [7, 11) is 0. The molecule has 1 saturated carbocycles. The van der Waals surface area contributed by atoms with Gasteiger partial charge in [-0.2, -0.15) is 5.26 Å². The second kappa shape index (κ2) is 13.3. The molecule has 1 spiro atoms. The van der Waals surface area contributed by atoms with Gasteiger partial charge in [0, 0.05) is 32.9 Å². The number of hydrogen-bond acceptors (Lipinski definition) is 5. The van der Waals surface area contributed by atoms with Crippen molar-refractivity contribution in [2.24, 2.45) is 0 Å². The second-order valence-electron chi connectivity index (χ2n) is 15.4. The van der Waals surface area contributed by atoms with Crippen LogP contribution in [-0.4, -0.2) is 15.0 Å². The van der Waals surface area contributed by atoms with Gasteiger partial charge in [0.05, 0.1) is 11.6 Å². The van der Waals surface area contributed by atoms with E-state index in [-0.39, 0.29) is 5.41 Å². The standard InChI is InChI=1S/C52H36N4O/c53-32-33-19-26-44-43(29-33)48-40(16-10-17-45(48)52(44)27-7-2-8-28-52)37-13-9-14-38(30-37)50-54-49(36-22-20-35(21-23-36)34-11-3-1-4-12-34)55-51(56-50)39-24-25-42-41-15-5-6-18-46(41)57-47(42)31-39/h1,3-6,9-26,29-31H,2,7-8,27-28H2. The van der Waals surface area contributed by atoms with Gasteiger partial charge >= 0.3 is 0 Å². The maximum Gasteiger partial charge on any atom is 0.164 e. The van der Waals surface area contributed by atoms with Gasteiger partial charge in [-0.15, -0.1) is 0 Å². The third-order valence-corrected chi connectivity index (χ3v) is 12.2. The molecule has 2 aromatic heterocycles. The first-order valence-electron chi connectivity index (χ1n) is 19.8. The molecule has 0 radical (unpaired) electrons. The number of aromatic nitrogens is 3. The summed E-state index contributed by atoms with van der Waals surface area (Å²) < 4.78 is 6.29. The highest BCUT2D eigenvalue weighted by atomic mass is 16.3. The van der Waals surface area contributed by atoms with E-state index in [9.17, 15) is 5.26 Å². The van der Waals surface area contributed by atoms with Gasteiger partial charge in [0.15, 0.2) is 17.5 Å². The fourth-order valence-electron chi connectivity index (χ4n) is 9.46. The lowest BCUT2D eigenvalue weighted by Crippen LogP contribution is -2.28. The van der Waals surface area contributed by atoms with E-state index in [0.29, 0.717) is 23.0 Å². The van der Waals surface area contributed by atoms with Crippen molar-refractivity contribution in [3.8, 4) is 73.6 Å². The van der Waals surface area contributed by atoms with Crippen molar-refractivity contribution < 1.29 is 4.42 Å². The van der Waals surface area contributed by atoms with Crippen LogP contribution in [-0.2, 0) is 5.41 Å². The number of hydrogen-bond donors (Lipinski definition) is 0. The smallest absolute Gasteiger partial charge is 0.164 e. The number of nitrogens with zero attached hydrogens (tertiary/aromatic N) is 4. The van der Waals surface area contributed by atoms with Gasteiger partial charge in [-0.1, -0.05) is 141 Å². The predicted molar refractivity (Wildman–Crippen MR) is 228 cm³/mol. The molecule has 2 aliphatic carbocycles. The molecule has 5 nitrogen and oxygen atoms in total. The van der Waals surface area contributed by atoms with Crippen LogP contribution >= 0.6 is 0 Å². The number of para-hydroxylation sites is 1. The van der Waals surface area contributed by atoms with Gasteiger partial charge in [0.25, 0.3) is 0 Å². The highest BCUT2D eigenvalue weighted by Crippen LogP contribution is 2.58. The summed E-state index contributed by atoms with van der Waals surface area (Å²) in [5.41, 5.74) is 14.7. The molecule has 0 aliphatic heterocycles. The second-order valence-corrected chi connectivity index (χ2v) is 15.4. The molecule has 5 heteroatoms. The number of nitriles is 1. The maximum atomic E-state index is 9.95. The molecule has 270 valence electrons. The molecule has 11 rings (SSSR count). The molecule has 0 amide bonds. The van der Waals surface area contributed by atoms with E-state index in [4.69, 9.17) is 19.4 Å². The van der Waals surface area contributed by atoms with Gasteiger partial charge in [-0.25, -0.2) is 15.0 Å². The lowest BCUT2D eigenvalue weighted by molar-refractivity contribution is 0.353. The number of fused-ring (bicyclic) bond motifs is 8. The van der Waals surface area contributed by atoms with Crippen molar-refractivity contribution in [3.63, 3.8) is 0 Å². The van der Waals surface area contributed by atoms with Crippen molar-refractivity contribution in [2.45, 2.75) is 37.5 Å². The Balaban J connectivity index is 1.06. The lowest BCUT2D eigenvalue weighted by atomic mass is 9.67. The van der Waals surface area contributed by atoms with E-state index in [1.54, 1.807) is 0 Å². The average Bonchev–Trinajstić information content (AvgIpc) is 3.79. The van der Waals surface area contributed by atoms with Crippen molar-refractivity contribution in [3.05, 3.63) is 174 Å². The Morgan fingerprint density at radius 1 is 0.456 bits per heavy atom. The highest BCUT2D eigenvalue weighted by molar-refractivity contribution is 6.05. The van der Waals surface area contributed by atoms with Crippen LogP contribution in [0.3, 0.4) is 0 Å². The summed E-state index contributed by atoms with van der Waals surface area (Å²) in [6, 6.07) is 57.2. The summed E-state index contributed by atoms with van der Waals surface area (Å²) in [5.74, 6) is 1.77. The van der Waals surface area contributed by atoms with Crippen LogP contribution < -0.4 is 0 Å². The van der Waals surface area contributed by atoms with Crippen molar-refractivity contribution in [2.75, 3.05) is 0 Å². The molecule has 1 fully saturated rings. The van der Waals surface area contributed by atoms with E-state index < -0.39 is 0 Å². The number of furan rings is 1. The van der Waals surface area contributed by atoms with E-state index in [1.807, 2.05) is 36.4 Å². The van der Waals surface area contributed by atoms with Gasteiger partial charge in [0.2, 0.25) is 0 Å².